The van der Waals surface area contributed by atoms with Crippen molar-refractivity contribution in [2.45, 2.75) is 6.42 Å². The number of benzene rings is 2. The van der Waals surface area contributed by atoms with E-state index in [-0.39, 0.29) is 6.03 Å². The number of hydrogen-bond acceptors (Lipinski definition) is 2. The molecule has 3 rings (SSSR count). The van der Waals surface area contributed by atoms with E-state index in [9.17, 15) is 4.79 Å². The molecule has 0 bridgehead atoms. The van der Waals surface area contributed by atoms with Crippen LogP contribution in [0.2, 0.25) is 5.02 Å². The molecule has 130 valence electrons. The van der Waals surface area contributed by atoms with Crippen molar-refractivity contribution in [1.29, 1.82) is 0 Å². The number of amides is 2. The Morgan fingerprint density at radius 2 is 1.80 bits per heavy atom. The molecule has 0 saturated heterocycles. The molecule has 0 unspecified atom stereocenters. The van der Waals surface area contributed by atoms with Gasteiger partial charge in [0.05, 0.1) is 11.6 Å². The Kier molecular flexibility index (Phi) is 5.80. The first-order valence-corrected chi connectivity index (χ1v) is 8.56. The third kappa shape index (κ3) is 4.67. The van der Waals surface area contributed by atoms with Crippen molar-refractivity contribution < 1.29 is 9.53 Å². The molecule has 0 aliphatic carbocycles. The van der Waals surface area contributed by atoms with Crippen LogP contribution in [0.4, 0.5) is 4.79 Å². The summed E-state index contributed by atoms with van der Waals surface area (Å²) in [6.07, 6.45) is 2.76. The number of urea groups is 1. The van der Waals surface area contributed by atoms with Crippen molar-refractivity contribution in [2.24, 2.45) is 0 Å². The molecule has 5 nitrogen and oxygen atoms in total. The van der Waals surface area contributed by atoms with Gasteiger partial charge in [0, 0.05) is 23.6 Å². The second kappa shape index (κ2) is 8.44. The second-order valence-electron chi connectivity index (χ2n) is 5.57. The van der Waals surface area contributed by atoms with Gasteiger partial charge < -0.3 is 20.4 Å². The largest absolute Gasteiger partial charge is 0.490 e. The minimum absolute atomic E-state index is 0.206. The second-order valence-corrected chi connectivity index (χ2v) is 5.98. The highest BCUT2D eigenvalue weighted by molar-refractivity contribution is 6.32. The van der Waals surface area contributed by atoms with Crippen molar-refractivity contribution >= 4 is 28.5 Å². The number of H-pyrrole nitrogens is 1. The number of aromatic amines is 1. The van der Waals surface area contributed by atoms with Gasteiger partial charge in [0.25, 0.3) is 0 Å². The molecule has 6 heteroatoms. The molecule has 0 aliphatic rings. The van der Waals surface area contributed by atoms with Gasteiger partial charge in [0.15, 0.2) is 0 Å². The van der Waals surface area contributed by atoms with Gasteiger partial charge >= 0.3 is 6.03 Å². The number of fused-ring (bicyclic) bond motifs is 1. The Labute approximate surface area is 151 Å². The van der Waals surface area contributed by atoms with Crippen LogP contribution in [0.3, 0.4) is 0 Å². The summed E-state index contributed by atoms with van der Waals surface area (Å²) >= 11 is 6.00. The molecule has 0 radical (unpaired) electrons. The van der Waals surface area contributed by atoms with E-state index in [1.54, 1.807) is 12.1 Å². The summed E-state index contributed by atoms with van der Waals surface area (Å²) in [5, 5.41) is 7.37. The summed E-state index contributed by atoms with van der Waals surface area (Å²) in [6.45, 7) is 1.34. The van der Waals surface area contributed by atoms with Crippen LogP contribution in [0.15, 0.2) is 54.7 Å². The number of rotatable bonds is 7. The first-order valence-electron chi connectivity index (χ1n) is 8.18. The maximum Gasteiger partial charge on any atom is 0.314 e. The SMILES string of the molecule is O=C(NCCOc1ccccc1Cl)NCCc1c[nH]c2ccccc12. The molecule has 3 aromatic rings. The van der Waals surface area contributed by atoms with Crippen LogP contribution in [0.25, 0.3) is 10.9 Å². The normalized spacial score (nSPS) is 10.6. The van der Waals surface area contributed by atoms with Crippen LogP contribution in [0.5, 0.6) is 5.75 Å². The molecule has 1 heterocycles. The van der Waals surface area contributed by atoms with Crippen LogP contribution in [-0.2, 0) is 6.42 Å². The first-order chi connectivity index (χ1) is 12.2. The van der Waals surface area contributed by atoms with E-state index in [2.05, 4.69) is 21.7 Å². The van der Waals surface area contributed by atoms with E-state index in [0.29, 0.717) is 30.5 Å². The van der Waals surface area contributed by atoms with E-state index in [4.69, 9.17) is 16.3 Å². The molecule has 0 atom stereocenters. The topological polar surface area (TPSA) is 66.2 Å². The molecule has 0 aliphatic heterocycles. The smallest absolute Gasteiger partial charge is 0.314 e. The fourth-order valence-corrected chi connectivity index (χ4v) is 2.79. The van der Waals surface area contributed by atoms with E-state index >= 15 is 0 Å². The Bertz CT molecular complexity index is 847. The molecule has 2 aromatic carbocycles. The van der Waals surface area contributed by atoms with Crippen molar-refractivity contribution in [2.75, 3.05) is 19.7 Å². The summed E-state index contributed by atoms with van der Waals surface area (Å²) in [5.41, 5.74) is 2.30. The zero-order valence-corrected chi connectivity index (χ0v) is 14.5. The van der Waals surface area contributed by atoms with Gasteiger partial charge in [-0.05, 0) is 30.2 Å². The summed E-state index contributed by atoms with van der Waals surface area (Å²) in [6, 6.07) is 15.2. The van der Waals surface area contributed by atoms with Gasteiger partial charge in [-0.2, -0.15) is 0 Å². The number of nitrogens with one attached hydrogen (secondary N) is 3. The van der Waals surface area contributed by atoms with E-state index < -0.39 is 0 Å². The molecule has 0 fully saturated rings. The minimum Gasteiger partial charge on any atom is -0.490 e. The maximum absolute atomic E-state index is 11.8. The molecule has 3 N–H and O–H groups in total. The third-order valence-electron chi connectivity index (χ3n) is 3.84. The number of hydrogen-bond donors (Lipinski definition) is 3. The molecule has 25 heavy (non-hydrogen) atoms. The lowest BCUT2D eigenvalue weighted by Crippen LogP contribution is -2.38. The first kappa shape index (κ1) is 17.2. The van der Waals surface area contributed by atoms with Gasteiger partial charge in [-0.15, -0.1) is 0 Å². The van der Waals surface area contributed by atoms with Crippen molar-refractivity contribution in [1.82, 2.24) is 15.6 Å². The predicted octanol–water partition coefficient (Wildman–Crippen LogP) is 3.74. The summed E-state index contributed by atoms with van der Waals surface area (Å²) in [4.78, 5) is 15.0. The Hall–Kier alpha value is -2.66. The summed E-state index contributed by atoms with van der Waals surface area (Å²) in [5.74, 6) is 0.616. The van der Waals surface area contributed by atoms with Crippen molar-refractivity contribution in [3.05, 3.63) is 65.3 Å². The fraction of sp³-hybridized carbons (Fsp3) is 0.211. The molecule has 1 aromatic heterocycles. The lowest BCUT2D eigenvalue weighted by atomic mass is 10.1. The average Bonchev–Trinajstić information content (AvgIpc) is 3.03. The lowest BCUT2D eigenvalue weighted by Gasteiger charge is -2.09. The Balaban J connectivity index is 1.35. The van der Waals surface area contributed by atoms with Gasteiger partial charge in [-0.3, -0.25) is 0 Å². The number of carbonyl (C=O) groups excluding carboxylic acids is 1. The summed E-state index contributed by atoms with van der Waals surface area (Å²) in [7, 11) is 0. The maximum atomic E-state index is 11.8. The van der Waals surface area contributed by atoms with Gasteiger partial charge in [0.2, 0.25) is 0 Å². The molecular weight excluding hydrogens is 338 g/mol. The van der Waals surface area contributed by atoms with E-state index in [0.717, 1.165) is 11.9 Å². The highest BCUT2D eigenvalue weighted by atomic mass is 35.5. The highest BCUT2D eigenvalue weighted by Crippen LogP contribution is 2.22. The summed E-state index contributed by atoms with van der Waals surface area (Å²) < 4.78 is 5.52. The van der Waals surface area contributed by atoms with Crippen molar-refractivity contribution in [3.8, 4) is 5.75 Å². The van der Waals surface area contributed by atoms with E-state index in [1.165, 1.54) is 10.9 Å². The number of halogens is 1. The lowest BCUT2D eigenvalue weighted by molar-refractivity contribution is 0.236. The minimum atomic E-state index is -0.206. The zero-order chi connectivity index (χ0) is 17.5. The van der Waals surface area contributed by atoms with Crippen molar-refractivity contribution in [3.63, 3.8) is 0 Å². The quantitative estimate of drug-likeness (QED) is 0.564. The molecule has 0 saturated carbocycles. The number of aromatic nitrogens is 1. The van der Waals surface area contributed by atoms with E-state index in [1.807, 2.05) is 36.5 Å². The number of ether oxygens (including phenoxy) is 1. The van der Waals surface area contributed by atoms with Crippen LogP contribution < -0.4 is 15.4 Å². The Morgan fingerprint density at radius 3 is 2.68 bits per heavy atom. The van der Waals surface area contributed by atoms with Gasteiger partial charge in [-0.25, -0.2) is 4.79 Å². The van der Waals surface area contributed by atoms with Crippen LogP contribution in [0, 0.1) is 0 Å². The molecule has 0 spiro atoms. The standard InChI is InChI=1S/C19H20ClN3O2/c20-16-6-2-4-8-18(16)25-12-11-22-19(24)21-10-9-14-13-23-17-7-3-1-5-15(14)17/h1-8,13,23H,9-12H2,(H2,21,22,24). The highest BCUT2D eigenvalue weighted by Gasteiger charge is 2.04. The van der Waals surface area contributed by atoms with Gasteiger partial charge in [0.1, 0.15) is 12.4 Å². The molecule has 2 amide bonds. The van der Waals surface area contributed by atoms with Crippen LogP contribution >= 0.6 is 11.6 Å². The van der Waals surface area contributed by atoms with Crippen LogP contribution in [-0.4, -0.2) is 30.7 Å². The zero-order valence-electron chi connectivity index (χ0n) is 13.7. The molecular formula is C19H20ClN3O2. The monoisotopic (exact) mass is 357 g/mol. The average molecular weight is 358 g/mol. The fourth-order valence-electron chi connectivity index (χ4n) is 2.60. The predicted molar refractivity (Wildman–Crippen MR) is 100 cm³/mol. The third-order valence-corrected chi connectivity index (χ3v) is 4.15. The van der Waals surface area contributed by atoms with Gasteiger partial charge in [-0.1, -0.05) is 41.9 Å². The number of para-hydroxylation sites is 2. The number of carbonyl (C=O) groups is 1. The van der Waals surface area contributed by atoms with Crippen LogP contribution in [0.1, 0.15) is 5.56 Å². The Morgan fingerprint density at radius 1 is 1.04 bits per heavy atom.